The summed E-state index contributed by atoms with van der Waals surface area (Å²) < 4.78 is 20.9. The van der Waals surface area contributed by atoms with Crippen molar-refractivity contribution in [3.63, 3.8) is 0 Å². The van der Waals surface area contributed by atoms with Gasteiger partial charge in [0.2, 0.25) is 5.75 Å². The first-order valence-electron chi connectivity index (χ1n) is 10.4. The number of esters is 1. The first kappa shape index (κ1) is 25.5. The SMILES string of the molecule is COc1cc(CC(=O)OCC(=O)Nc2ccccc2C(=O)NCC(C)C)cc(OC)c1OC. The molecule has 0 fully saturated rings. The lowest BCUT2D eigenvalue weighted by molar-refractivity contribution is -0.146. The van der Waals surface area contributed by atoms with Crippen LogP contribution in [0.3, 0.4) is 0 Å². The number of nitrogens with one attached hydrogen (secondary N) is 2. The van der Waals surface area contributed by atoms with E-state index in [4.69, 9.17) is 18.9 Å². The fourth-order valence-electron chi connectivity index (χ4n) is 2.97. The monoisotopic (exact) mass is 458 g/mol. The smallest absolute Gasteiger partial charge is 0.310 e. The van der Waals surface area contributed by atoms with Crippen LogP contribution in [-0.2, 0) is 20.7 Å². The van der Waals surface area contributed by atoms with E-state index in [1.54, 1.807) is 36.4 Å². The molecule has 9 heteroatoms. The topological polar surface area (TPSA) is 112 Å². The minimum absolute atomic E-state index is 0.0990. The summed E-state index contributed by atoms with van der Waals surface area (Å²) in [5.74, 6) is 0.0570. The van der Waals surface area contributed by atoms with Crippen molar-refractivity contribution >= 4 is 23.5 Å². The first-order valence-corrected chi connectivity index (χ1v) is 10.4. The van der Waals surface area contributed by atoms with Crippen LogP contribution >= 0.6 is 0 Å². The Morgan fingerprint density at radius 3 is 2.15 bits per heavy atom. The molecule has 2 aromatic carbocycles. The van der Waals surface area contributed by atoms with Gasteiger partial charge in [0.15, 0.2) is 18.1 Å². The lowest BCUT2D eigenvalue weighted by Crippen LogP contribution is -2.29. The summed E-state index contributed by atoms with van der Waals surface area (Å²) in [6.45, 7) is 3.99. The van der Waals surface area contributed by atoms with Gasteiger partial charge in [-0.15, -0.1) is 0 Å². The molecule has 0 spiro atoms. The third kappa shape index (κ3) is 7.41. The molecule has 0 aliphatic carbocycles. The minimum atomic E-state index is -0.609. The van der Waals surface area contributed by atoms with Gasteiger partial charge in [-0.1, -0.05) is 26.0 Å². The zero-order chi connectivity index (χ0) is 24.4. The zero-order valence-electron chi connectivity index (χ0n) is 19.5. The van der Waals surface area contributed by atoms with Crippen LogP contribution in [-0.4, -0.2) is 52.3 Å². The highest BCUT2D eigenvalue weighted by Gasteiger charge is 2.17. The van der Waals surface area contributed by atoms with Crippen LogP contribution in [0.25, 0.3) is 0 Å². The average Bonchev–Trinajstić information content (AvgIpc) is 2.80. The molecule has 0 aliphatic rings. The van der Waals surface area contributed by atoms with Crippen LogP contribution in [0.4, 0.5) is 5.69 Å². The molecule has 0 saturated heterocycles. The fraction of sp³-hybridized carbons (Fsp3) is 0.375. The van der Waals surface area contributed by atoms with Crippen molar-refractivity contribution in [2.45, 2.75) is 20.3 Å². The number of anilines is 1. The number of carbonyl (C=O) groups is 3. The van der Waals surface area contributed by atoms with Crippen LogP contribution < -0.4 is 24.8 Å². The molecule has 2 aromatic rings. The third-order valence-corrected chi connectivity index (χ3v) is 4.55. The minimum Gasteiger partial charge on any atom is -0.493 e. The lowest BCUT2D eigenvalue weighted by Gasteiger charge is -2.14. The van der Waals surface area contributed by atoms with Crippen molar-refractivity contribution in [1.82, 2.24) is 5.32 Å². The van der Waals surface area contributed by atoms with E-state index in [0.29, 0.717) is 46.5 Å². The van der Waals surface area contributed by atoms with E-state index < -0.39 is 18.5 Å². The van der Waals surface area contributed by atoms with Crippen LogP contribution in [0.5, 0.6) is 17.2 Å². The second kappa shape index (κ2) is 12.3. The lowest BCUT2D eigenvalue weighted by atomic mass is 10.1. The molecule has 0 aromatic heterocycles. The van der Waals surface area contributed by atoms with Gasteiger partial charge in [-0.3, -0.25) is 14.4 Å². The first-order chi connectivity index (χ1) is 15.8. The molecular weight excluding hydrogens is 428 g/mol. The number of para-hydroxylation sites is 1. The van der Waals surface area contributed by atoms with E-state index in [1.165, 1.54) is 21.3 Å². The van der Waals surface area contributed by atoms with E-state index in [1.807, 2.05) is 13.8 Å². The Bertz CT molecular complexity index is 964. The van der Waals surface area contributed by atoms with E-state index in [0.717, 1.165) is 0 Å². The summed E-state index contributed by atoms with van der Waals surface area (Å²) in [6, 6.07) is 9.90. The van der Waals surface area contributed by atoms with Gasteiger partial charge in [0.05, 0.1) is 39.0 Å². The van der Waals surface area contributed by atoms with Crippen LogP contribution in [0.1, 0.15) is 29.8 Å². The average molecular weight is 459 g/mol. The van der Waals surface area contributed by atoms with Crippen LogP contribution in [0.2, 0.25) is 0 Å². The Labute approximate surface area is 193 Å². The molecule has 0 radical (unpaired) electrons. The Kier molecular flexibility index (Phi) is 9.53. The summed E-state index contributed by atoms with van der Waals surface area (Å²) in [6.07, 6.45) is -0.0990. The summed E-state index contributed by atoms with van der Waals surface area (Å²) in [7, 11) is 4.44. The molecule has 0 atom stereocenters. The van der Waals surface area contributed by atoms with Gasteiger partial charge in [0.25, 0.3) is 11.8 Å². The van der Waals surface area contributed by atoms with Gasteiger partial charge in [-0.05, 0) is 35.7 Å². The highest BCUT2D eigenvalue weighted by atomic mass is 16.5. The number of ether oxygens (including phenoxy) is 4. The van der Waals surface area contributed by atoms with E-state index >= 15 is 0 Å². The molecule has 0 saturated carbocycles. The number of rotatable bonds is 11. The standard InChI is InChI=1S/C24H30N2O7/c1-15(2)13-25-24(29)17-8-6-7-9-18(17)26-21(27)14-33-22(28)12-16-10-19(30-3)23(32-5)20(11-16)31-4/h6-11,15H,12-14H2,1-5H3,(H,25,29)(H,26,27). The maximum atomic E-state index is 12.4. The maximum Gasteiger partial charge on any atom is 0.310 e. The molecular formula is C24H30N2O7. The predicted octanol–water partition coefficient (Wildman–Crippen LogP) is 2.82. The normalized spacial score (nSPS) is 10.4. The molecule has 0 bridgehead atoms. The summed E-state index contributed by atoms with van der Waals surface area (Å²) >= 11 is 0. The van der Waals surface area contributed by atoms with Crippen molar-refractivity contribution < 1.29 is 33.3 Å². The summed E-state index contributed by atoms with van der Waals surface area (Å²) in [5.41, 5.74) is 1.24. The summed E-state index contributed by atoms with van der Waals surface area (Å²) in [4.78, 5) is 37.0. The van der Waals surface area contributed by atoms with Gasteiger partial charge in [0, 0.05) is 6.54 Å². The van der Waals surface area contributed by atoms with Crippen molar-refractivity contribution in [3.8, 4) is 17.2 Å². The molecule has 33 heavy (non-hydrogen) atoms. The molecule has 2 N–H and O–H groups in total. The molecule has 2 rings (SSSR count). The Morgan fingerprint density at radius 2 is 1.58 bits per heavy atom. The number of benzene rings is 2. The van der Waals surface area contributed by atoms with Gasteiger partial charge < -0.3 is 29.6 Å². The number of amides is 2. The van der Waals surface area contributed by atoms with E-state index in [-0.39, 0.29) is 12.3 Å². The largest absolute Gasteiger partial charge is 0.493 e. The fourth-order valence-corrected chi connectivity index (χ4v) is 2.97. The van der Waals surface area contributed by atoms with Gasteiger partial charge >= 0.3 is 5.97 Å². The van der Waals surface area contributed by atoms with Gasteiger partial charge in [-0.2, -0.15) is 0 Å². The summed E-state index contributed by atoms with van der Waals surface area (Å²) in [5, 5.41) is 5.43. The predicted molar refractivity (Wildman–Crippen MR) is 123 cm³/mol. The molecule has 9 nitrogen and oxygen atoms in total. The van der Waals surface area contributed by atoms with Crippen LogP contribution in [0.15, 0.2) is 36.4 Å². The van der Waals surface area contributed by atoms with Crippen molar-refractivity contribution in [3.05, 3.63) is 47.5 Å². The molecule has 0 unspecified atom stereocenters. The van der Waals surface area contributed by atoms with Crippen LogP contribution in [0, 0.1) is 5.92 Å². The van der Waals surface area contributed by atoms with Crippen molar-refractivity contribution in [2.24, 2.45) is 5.92 Å². The number of methoxy groups -OCH3 is 3. The van der Waals surface area contributed by atoms with Crippen molar-refractivity contribution in [2.75, 3.05) is 39.8 Å². The van der Waals surface area contributed by atoms with Gasteiger partial charge in [0.1, 0.15) is 0 Å². The Morgan fingerprint density at radius 1 is 0.939 bits per heavy atom. The Balaban J connectivity index is 1.97. The maximum absolute atomic E-state index is 12.4. The second-order valence-electron chi connectivity index (χ2n) is 7.57. The molecule has 0 aliphatic heterocycles. The number of carbonyl (C=O) groups excluding carboxylic acids is 3. The van der Waals surface area contributed by atoms with E-state index in [2.05, 4.69) is 10.6 Å². The van der Waals surface area contributed by atoms with Crippen molar-refractivity contribution in [1.29, 1.82) is 0 Å². The highest BCUT2D eigenvalue weighted by molar-refractivity contribution is 6.04. The molecule has 2 amide bonds. The number of hydrogen-bond donors (Lipinski definition) is 2. The quantitative estimate of drug-likeness (QED) is 0.498. The highest BCUT2D eigenvalue weighted by Crippen LogP contribution is 2.38. The zero-order valence-corrected chi connectivity index (χ0v) is 19.5. The van der Waals surface area contributed by atoms with Gasteiger partial charge in [-0.25, -0.2) is 0 Å². The van der Waals surface area contributed by atoms with E-state index in [9.17, 15) is 14.4 Å². The second-order valence-corrected chi connectivity index (χ2v) is 7.57. The molecule has 178 valence electrons. The third-order valence-electron chi connectivity index (χ3n) is 4.55. The Hall–Kier alpha value is -3.75. The molecule has 0 heterocycles. The number of hydrogen-bond acceptors (Lipinski definition) is 7.